The zero-order chi connectivity index (χ0) is 73.0. The molecule has 100 heavy (non-hydrogen) atoms. The highest BCUT2D eigenvalue weighted by atomic mass is 19.3. The molecule has 14 N–H and O–H groups in total. The quantitative estimate of drug-likeness (QED) is 0.0897. The molecule has 0 amide bonds. The summed E-state index contributed by atoms with van der Waals surface area (Å²) in [7, 11) is 4.14. The number of nitrogens with zero attached hydrogens (tertiary/aromatic N) is 4. The molecule has 2 aliphatic heterocycles. The SMILES string of the molecule is CC[C@H]1C[C@@H](C2=CCc3c2nc[nH]c3=O)[C@H](O)[C@@H]1O.COC1OC(C)C(F)(F)C1O.COCC1OC(C)C(F)(F)C1O.CO[C@@H]1[C@H](O)[C@@H](CO)C[C@H]1C1=CCc2c1nc[nH]c2=O.C[C@@H]1[C@@H](CO)C[C@@H](C2=CCc3c2nc[nH]c3=O)[C@@H]1O.C[C@@H]1[C@H](O)[C@@H](CO)C[C@H]1C1=CCc2c1nc[nH]c2=O. The molecule has 4 saturated carbocycles. The number of aliphatic hydroxyl groups is 10. The normalized spacial score (nSPS) is 35.0. The highest BCUT2D eigenvalue weighted by Crippen LogP contribution is 2.49. The fourth-order valence-corrected chi connectivity index (χ4v) is 15.7. The van der Waals surface area contributed by atoms with Crippen molar-refractivity contribution >= 4 is 22.3 Å². The van der Waals surface area contributed by atoms with Crippen molar-refractivity contribution in [2.24, 2.45) is 59.2 Å². The third kappa shape index (κ3) is 15.5. The van der Waals surface area contributed by atoms with Gasteiger partial charge in [0, 0.05) is 93.0 Å². The second-order valence-corrected chi connectivity index (χ2v) is 27.3. The van der Waals surface area contributed by atoms with Gasteiger partial charge in [0.2, 0.25) is 0 Å². The monoisotopic (exact) mass is 1410 g/mol. The number of nitrogens with one attached hydrogen (secondary N) is 4. The first-order chi connectivity index (χ1) is 47.6. The van der Waals surface area contributed by atoms with Crippen molar-refractivity contribution in [3.05, 3.63) is 136 Å². The first-order valence-electron chi connectivity index (χ1n) is 33.8. The minimum Gasteiger partial charge on any atom is -0.396 e. The topological polar surface area (TPSA) is 431 Å². The number of aliphatic hydroxyl groups excluding tert-OH is 10. The number of rotatable bonds is 12. The lowest BCUT2D eigenvalue weighted by Crippen LogP contribution is -2.39. The van der Waals surface area contributed by atoms with Gasteiger partial charge in [-0.3, -0.25) is 19.2 Å². The minimum atomic E-state index is -3.21. The summed E-state index contributed by atoms with van der Waals surface area (Å²) in [4.78, 5) is 74.3. The number of hydrogen-bond donors (Lipinski definition) is 14. The molecule has 0 bridgehead atoms. The molecule has 0 aromatic carbocycles. The number of fused-ring (bicyclic) bond motifs is 4. The Morgan fingerprint density at radius 2 is 0.850 bits per heavy atom. The predicted octanol–water partition coefficient (Wildman–Crippen LogP) is 1.65. The Morgan fingerprint density at radius 3 is 1.19 bits per heavy atom. The molecule has 6 heterocycles. The van der Waals surface area contributed by atoms with Crippen LogP contribution in [0.5, 0.6) is 0 Å². The summed E-state index contributed by atoms with van der Waals surface area (Å²) < 4.78 is 75.1. The van der Waals surface area contributed by atoms with E-state index in [-0.39, 0.29) is 114 Å². The van der Waals surface area contributed by atoms with E-state index in [1.807, 2.05) is 45.1 Å². The number of aromatic nitrogens is 8. The van der Waals surface area contributed by atoms with E-state index in [0.29, 0.717) is 65.7 Å². The number of ether oxygens (including phenoxy) is 5. The lowest BCUT2D eigenvalue weighted by Gasteiger charge is -2.22. The molecule has 14 rings (SSSR count). The summed E-state index contributed by atoms with van der Waals surface area (Å²) in [6, 6.07) is 0. The Morgan fingerprint density at radius 1 is 0.470 bits per heavy atom. The van der Waals surface area contributed by atoms with Gasteiger partial charge in [-0.1, -0.05) is 51.5 Å². The van der Waals surface area contributed by atoms with Crippen LogP contribution in [0, 0.1) is 59.2 Å². The first kappa shape index (κ1) is 77.8. The Balaban J connectivity index is 0.000000142. The Bertz CT molecular complexity index is 3600. The summed E-state index contributed by atoms with van der Waals surface area (Å²) in [5.74, 6) is -6.27. The molecule has 27 nitrogen and oxygen atoms in total. The summed E-state index contributed by atoms with van der Waals surface area (Å²) in [5, 5.41) is 96.8. The van der Waals surface area contributed by atoms with E-state index >= 15 is 0 Å². The van der Waals surface area contributed by atoms with E-state index in [2.05, 4.69) is 54.1 Å². The van der Waals surface area contributed by atoms with Gasteiger partial charge < -0.3 is 94.7 Å². The maximum Gasteiger partial charge on any atom is 0.303 e. The Kier molecular flexibility index (Phi) is 25.6. The van der Waals surface area contributed by atoms with Crippen LogP contribution in [0.25, 0.3) is 22.3 Å². The summed E-state index contributed by atoms with van der Waals surface area (Å²) in [5.41, 5.74) is 9.10. The van der Waals surface area contributed by atoms with Gasteiger partial charge in [0.25, 0.3) is 22.2 Å². The fourth-order valence-electron chi connectivity index (χ4n) is 15.7. The fraction of sp³-hybridized carbons (Fsp3) is 0.652. The van der Waals surface area contributed by atoms with Crippen molar-refractivity contribution in [1.29, 1.82) is 0 Å². The van der Waals surface area contributed by atoms with Gasteiger partial charge in [0.15, 0.2) is 12.4 Å². The van der Waals surface area contributed by atoms with E-state index < -0.39 is 79.2 Å². The standard InChI is InChI=1S/C14H18N2O4.3C14H18N2O3.C7H12F2O3.C6H10F2O3/c1-20-13-10(4-7(5-17)12(13)18)8-2-3-9-11(8)15-6-16-14(9)19;1-7-11(4-8(5-17)13(7)18)9-2-3-10-12(9)15-6-16-14(10)19;1-7-8(5-17)4-11(13(7)18)9-2-3-10-12(9)15-6-16-14(10)19;1-2-7-5-10(13(18)12(7)17)8-3-4-9-11(8)15-6-16-14(9)19;1-4-7(8,9)6(10)5(12-4)3-11-2;1-3-6(7,8)4(9)5(10-2)11-3/h2,6-7,10,12-13,17-18H,3-5H2,1H3,(H,15,16,19);2*2,6-8,11,13,17-18H,3-5H2,1H3,(H,15,16,19);3,6-7,10,12-13,17-18H,2,4-5H2,1H3,(H,15,16,19);4-6,10H,3H2,1-2H3;3-5,9H,1-2H3/t7-,10+,12-,13+;7-,8+,11+,13-;7-,8-,11+,13-;7-,10-,12+,13-;;/m1010../s1. The Hall–Kier alpha value is -6.40. The molecule has 10 aliphatic rings. The van der Waals surface area contributed by atoms with Crippen molar-refractivity contribution < 1.29 is 92.3 Å². The van der Waals surface area contributed by atoms with E-state index in [0.717, 1.165) is 59.4 Å². The minimum absolute atomic E-state index is 0.00491. The molecule has 6 fully saturated rings. The molecule has 4 aromatic heterocycles. The highest BCUT2D eigenvalue weighted by Gasteiger charge is 2.58. The molecule has 0 spiro atoms. The van der Waals surface area contributed by atoms with Crippen LogP contribution in [0.4, 0.5) is 17.6 Å². The number of halogens is 4. The molecule has 0 radical (unpaired) electrons. The maximum atomic E-state index is 12.9. The van der Waals surface area contributed by atoms with Gasteiger partial charge in [0.1, 0.15) is 24.4 Å². The maximum absolute atomic E-state index is 12.9. The van der Waals surface area contributed by atoms with Gasteiger partial charge in [0.05, 0.1) is 91.3 Å². The molecule has 2 saturated heterocycles. The molecule has 31 heteroatoms. The first-order valence-corrected chi connectivity index (χ1v) is 33.8. The number of aromatic amines is 4. The average Bonchev–Trinajstić information content (AvgIpc) is 1.63. The van der Waals surface area contributed by atoms with Gasteiger partial charge in [-0.25, -0.2) is 37.5 Å². The lowest BCUT2D eigenvalue weighted by molar-refractivity contribution is -0.149. The summed E-state index contributed by atoms with van der Waals surface area (Å²) in [6.45, 7) is 8.43. The number of allylic oxidation sites excluding steroid dienone is 5. The molecule has 4 aromatic rings. The van der Waals surface area contributed by atoms with E-state index in [9.17, 15) is 77.6 Å². The van der Waals surface area contributed by atoms with Gasteiger partial charge in [-0.2, -0.15) is 0 Å². The Labute approximate surface area is 573 Å². The lowest BCUT2D eigenvalue weighted by atomic mass is 9.88. The molecule has 552 valence electrons. The van der Waals surface area contributed by atoms with Gasteiger partial charge in [-0.05, 0) is 117 Å². The largest absolute Gasteiger partial charge is 0.396 e. The molecular weight excluding hydrogens is 1320 g/mol. The van der Waals surface area contributed by atoms with E-state index in [1.54, 1.807) is 7.11 Å². The summed E-state index contributed by atoms with van der Waals surface area (Å²) >= 11 is 0. The highest BCUT2D eigenvalue weighted by molar-refractivity contribution is 5.74. The van der Waals surface area contributed by atoms with Crippen LogP contribution in [0.1, 0.15) is 112 Å². The third-order valence-corrected chi connectivity index (χ3v) is 21.9. The van der Waals surface area contributed by atoms with E-state index in [4.69, 9.17) is 19.7 Å². The smallest absolute Gasteiger partial charge is 0.303 e. The number of alkyl halides is 4. The van der Waals surface area contributed by atoms with Crippen LogP contribution in [-0.2, 0) is 49.4 Å². The zero-order valence-corrected chi connectivity index (χ0v) is 57.0. The third-order valence-electron chi connectivity index (χ3n) is 21.9. The van der Waals surface area contributed by atoms with Crippen LogP contribution in [-0.4, -0.2) is 224 Å². The van der Waals surface area contributed by atoms with Gasteiger partial charge >= 0.3 is 11.8 Å². The van der Waals surface area contributed by atoms with Crippen molar-refractivity contribution in [2.75, 3.05) is 47.8 Å². The van der Waals surface area contributed by atoms with Crippen LogP contribution in [0.3, 0.4) is 0 Å². The molecule has 8 aliphatic carbocycles. The molecular formula is C69H94F4N8O19. The van der Waals surface area contributed by atoms with E-state index in [1.165, 1.54) is 53.4 Å². The number of H-pyrrole nitrogens is 4. The molecule has 22 atom stereocenters. The molecule has 6 unspecified atom stereocenters. The van der Waals surface area contributed by atoms with Crippen molar-refractivity contribution in [2.45, 2.75) is 178 Å². The number of hydrogen-bond acceptors (Lipinski definition) is 23. The van der Waals surface area contributed by atoms with Crippen molar-refractivity contribution in [3.8, 4) is 0 Å². The van der Waals surface area contributed by atoms with Crippen LogP contribution in [0.2, 0.25) is 0 Å². The van der Waals surface area contributed by atoms with Gasteiger partial charge in [-0.15, -0.1) is 0 Å². The average molecular weight is 1420 g/mol. The van der Waals surface area contributed by atoms with Crippen LogP contribution in [0.15, 0.2) is 68.8 Å². The number of methoxy groups -OCH3 is 3. The second-order valence-electron chi connectivity index (χ2n) is 27.3. The second kappa shape index (κ2) is 32.9. The summed E-state index contributed by atoms with van der Waals surface area (Å²) in [6.07, 6.45) is 7.91. The van der Waals surface area contributed by atoms with Crippen LogP contribution < -0.4 is 22.2 Å². The van der Waals surface area contributed by atoms with Crippen molar-refractivity contribution in [1.82, 2.24) is 39.9 Å². The zero-order valence-electron chi connectivity index (χ0n) is 57.0. The van der Waals surface area contributed by atoms with Crippen molar-refractivity contribution in [3.63, 3.8) is 0 Å². The van der Waals surface area contributed by atoms with Crippen LogP contribution >= 0.6 is 0 Å². The predicted molar refractivity (Wildman–Crippen MR) is 353 cm³/mol.